The smallest absolute Gasteiger partial charge is 0.221 e. The summed E-state index contributed by atoms with van der Waals surface area (Å²) < 4.78 is 0. The molecule has 0 heterocycles. The van der Waals surface area contributed by atoms with Gasteiger partial charge >= 0.3 is 0 Å². The van der Waals surface area contributed by atoms with Gasteiger partial charge in [0.05, 0.1) is 12.5 Å². The molecule has 0 aromatic carbocycles. The van der Waals surface area contributed by atoms with Crippen LogP contribution in [-0.2, 0) is 4.79 Å². The van der Waals surface area contributed by atoms with E-state index in [9.17, 15) is 4.79 Å². The van der Waals surface area contributed by atoms with Gasteiger partial charge in [0, 0.05) is 18.5 Å². The Morgan fingerprint density at radius 3 is 2.67 bits per heavy atom. The van der Waals surface area contributed by atoms with Crippen molar-refractivity contribution >= 4 is 5.91 Å². The fraction of sp³-hybridized carbons (Fsp3) is 0.818. The van der Waals surface area contributed by atoms with Crippen LogP contribution in [0.4, 0.5) is 0 Å². The molecule has 0 aliphatic rings. The summed E-state index contributed by atoms with van der Waals surface area (Å²) >= 11 is 0. The zero-order chi connectivity index (χ0) is 11.7. The summed E-state index contributed by atoms with van der Waals surface area (Å²) in [4.78, 5) is 11.5. The van der Waals surface area contributed by atoms with Gasteiger partial charge in [-0.1, -0.05) is 20.3 Å². The highest BCUT2D eigenvalue weighted by molar-refractivity contribution is 5.76. The van der Waals surface area contributed by atoms with E-state index in [0.29, 0.717) is 12.8 Å². The van der Waals surface area contributed by atoms with Gasteiger partial charge in [0.2, 0.25) is 5.91 Å². The summed E-state index contributed by atoms with van der Waals surface area (Å²) in [6, 6.07) is 1.96. The van der Waals surface area contributed by atoms with Gasteiger partial charge < -0.3 is 11.1 Å². The number of carbonyl (C=O) groups excluding carboxylic acids is 1. The normalized spacial score (nSPS) is 14.0. The van der Waals surface area contributed by atoms with Crippen molar-refractivity contribution in [2.24, 2.45) is 5.73 Å². The maximum Gasteiger partial charge on any atom is 0.221 e. The SMILES string of the molecule is CCCC(N)CC(=O)NC(CC)CC#N. The van der Waals surface area contributed by atoms with Crippen LogP contribution in [0.15, 0.2) is 0 Å². The number of hydrogen-bond donors (Lipinski definition) is 2. The lowest BCUT2D eigenvalue weighted by molar-refractivity contribution is -0.122. The maximum atomic E-state index is 11.5. The molecule has 0 aromatic heterocycles. The second kappa shape index (κ2) is 8.25. The van der Waals surface area contributed by atoms with E-state index in [0.717, 1.165) is 19.3 Å². The van der Waals surface area contributed by atoms with Crippen molar-refractivity contribution in [3.8, 4) is 6.07 Å². The van der Waals surface area contributed by atoms with Crippen LogP contribution in [0.2, 0.25) is 0 Å². The molecule has 2 atom stereocenters. The Hall–Kier alpha value is -1.08. The first-order valence-electron chi connectivity index (χ1n) is 5.55. The average Bonchev–Trinajstić information content (AvgIpc) is 2.17. The molecule has 0 aliphatic carbocycles. The molecule has 4 nitrogen and oxygen atoms in total. The molecule has 15 heavy (non-hydrogen) atoms. The van der Waals surface area contributed by atoms with E-state index in [-0.39, 0.29) is 18.0 Å². The molecule has 1 amide bonds. The highest BCUT2D eigenvalue weighted by Gasteiger charge is 2.12. The van der Waals surface area contributed by atoms with Crippen LogP contribution in [0, 0.1) is 11.3 Å². The number of carbonyl (C=O) groups is 1. The number of nitriles is 1. The summed E-state index contributed by atoms with van der Waals surface area (Å²) in [6.07, 6.45) is 3.36. The van der Waals surface area contributed by atoms with Crippen LogP contribution >= 0.6 is 0 Å². The van der Waals surface area contributed by atoms with Crippen LogP contribution in [0.1, 0.15) is 46.0 Å². The van der Waals surface area contributed by atoms with Crippen LogP contribution in [0.25, 0.3) is 0 Å². The van der Waals surface area contributed by atoms with E-state index >= 15 is 0 Å². The molecule has 2 unspecified atom stereocenters. The largest absolute Gasteiger partial charge is 0.352 e. The summed E-state index contributed by atoms with van der Waals surface area (Å²) in [5, 5.41) is 11.3. The first-order chi connectivity index (χ1) is 7.13. The number of nitrogens with two attached hydrogens (primary N) is 1. The zero-order valence-electron chi connectivity index (χ0n) is 9.62. The van der Waals surface area contributed by atoms with Gasteiger partial charge in [0.15, 0.2) is 0 Å². The van der Waals surface area contributed by atoms with Gasteiger partial charge in [0.25, 0.3) is 0 Å². The second-order valence-corrected chi connectivity index (χ2v) is 3.79. The van der Waals surface area contributed by atoms with Crippen molar-refractivity contribution in [1.82, 2.24) is 5.32 Å². The summed E-state index contributed by atoms with van der Waals surface area (Å²) in [6.45, 7) is 4.00. The molecular weight excluding hydrogens is 190 g/mol. The highest BCUT2D eigenvalue weighted by atomic mass is 16.1. The van der Waals surface area contributed by atoms with E-state index in [4.69, 9.17) is 11.0 Å². The topological polar surface area (TPSA) is 78.9 Å². The van der Waals surface area contributed by atoms with Crippen LogP contribution in [0.5, 0.6) is 0 Å². The molecule has 0 radical (unpaired) electrons. The molecular formula is C11H21N3O. The van der Waals surface area contributed by atoms with Crippen molar-refractivity contribution in [3.05, 3.63) is 0 Å². The Balaban J connectivity index is 3.85. The standard InChI is InChI=1S/C11H21N3O/c1-3-5-9(13)8-11(15)14-10(4-2)6-7-12/h9-10H,3-6,8,13H2,1-2H3,(H,14,15). The minimum atomic E-state index is -0.0606. The van der Waals surface area contributed by atoms with Crippen molar-refractivity contribution < 1.29 is 4.79 Å². The van der Waals surface area contributed by atoms with Gasteiger partial charge in [-0.2, -0.15) is 5.26 Å². The van der Waals surface area contributed by atoms with Gasteiger partial charge in [-0.3, -0.25) is 4.79 Å². The fourth-order valence-corrected chi connectivity index (χ4v) is 1.41. The third-order valence-electron chi connectivity index (χ3n) is 2.30. The van der Waals surface area contributed by atoms with Crippen molar-refractivity contribution in [2.75, 3.05) is 0 Å². The number of hydrogen-bond acceptors (Lipinski definition) is 3. The lowest BCUT2D eigenvalue weighted by atomic mass is 10.1. The third kappa shape index (κ3) is 6.92. The van der Waals surface area contributed by atoms with E-state index in [2.05, 4.69) is 11.4 Å². The lowest BCUT2D eigenvalue weighted by Gasteiger charge is -2.15. The van der Waals surface area contributed by atoms with Crippen molar-refractivity contribution in [3.63, 3.8) is 0 Å². The predicted molar refractivity (Wildman–Crippen MR) is 60.0 cm³/mol. The minimum absolute atomic E-state index is 0.0312. The molecule has 0 rings (SSSR count). The molecule has 4 heteroatoms. The molecule has 0 saturated carbocycles. The monoisotopic (exact) mass is 211 g/mol. The third-order valence-corrected chi connectivity index (χ3v) is 2.30. The van der Waals surface area contributed by atoms with Gasteiger partial charge in [-0.15, -0.1) is 0 Å². The van der Waals surface area contributed by atoms with Crippen molar-refractivity contribution in [1.29, 1.82) is 5.26 Å². The Bertz CT molecular complexity index is 222. The Morgan fingerprint density at radius 2 is 2.20 bits per heavy atom. The van der Waals surface area contributed by atoms with Crippen molar-refractivity contribution in [2.45, 2.75) is 58.0 Å². The van der Waals surface area contributed by atoms with E-state index in [1.807, 2.05) is 13.8 Å². The molecule has 0 aliphatic heterocycles. The summed E-state index contributed by atoms with van der Waals surface area (Å²) in [5.74, 6) is -0.0435. The number of amides is 1. The molecule has 86 valence electrons. The number of nitrogens with zero attached hydrogens (tertiary/aromatic N) is 1. The Morgan fingerprint density at radius 1 is 1.53 bits per heavy atom. The second-order valence-electron chi connectivity index (χ2n) is 3.79. The highest BCUT2D eigenvalue weighted by Crippen LogP contribution is 2.01. The number of nitrogens with one attached hydrogen (secondary N) is 1. The van der Waals surface area contributed by atoms with Gasteiger partial charge in [0.1, 0.15) is 0 Å². The first kappa shape index (κ1) is 13.9. The zero-order valence-corrected chi connectivity index (χ0v) is 9.62. The van der Waals surface area contributed by atoms with Gasteiger partial charge in [-0.05, 0) is 12.8 Å². The van der Waals surface area contributed by atoms with Crippen LogP contribution in [0.3, 0.4) is 0 Å². The lowest BCUT2D eigenvalue weighted by Crippen LogP contribution is -2.37. The fourth-order valence-electron chi connectivity index (χ4n) is 1.41. The van der Waals surface area contributed by atoms with Gasteiger partial charge in [-0.25, -0.2) is 0 Å². The molecule has 0 fully saturated rings. The molecule has 0 saturated heterocycles. The summed E-state index contributed by atoms with van der Waals surface area (Å²) in [7, 11) is 0. The predicted octanol–water partition coefficient (Wildman–Crippen LogP) is 1.31. The van der Waals surface area contributed by atoms with E-state index in [1.54, 1.807) is 0 Å². The summed E-state index contributed by atoms with van der Waals surface area (Å²) in [5.41, 5.74) is 5.75. The van der Waals surface area contributed by atoms with Crippen LogP contribution in [-0.4, -0.2) is 18.0 Å². The Labute approximate surface area is 91.8 Å². The molecule has 0 aromatic rings. The molecule has 0 spiro atoms. The van der Waals surface area contributed by atoms with E-state index in [1.165, 1.54) is 0 Å². The quantitative estimate of drug-likeness (QED) is 0.666. The first-order valence-corrected chi connectivity index (χ1v) is 5.55. The van der Waals surface area contributed by atoms with E-state index < -0.39 is 0 Å². The molecule has 3 N–H and O–H groups in total. The minimum Gasteiger partial charge on any atom is -0.352 e. The maximum absolute atomic E-state index is 11.5. The number of rotatable bonds is 7. The molecule has 0 bridgehead atoms. The Kier molecular flexibility index (Phi) is 7.65. The van der Waals surface area contributed by atoms with Crippen LogP contribution < -0.4 is 11.1 Å². The average molecular weight is 211 g/mol.